The Balaban J connectivity index is 1.30. The molecular formula is C63H88N16O16. The summed E-state index contributed by atoms with van der Waals surface area (Å²) in [5.74, 6) is -11.0. The first kappa shape index (κ1) is 73.9. The summed E-state index contributed by atoms with van der Waals surface area (Å²) in [6.45, 7) is 6.82. The van der Waals surface area contributed by atoms with Crippen LogP contribution in [0.2, 0.25) is 0 Å². The van der Waals surface area contributed by atoms with Crippen molar-refractivity contribution in [3.05, 3.63) is 84.1 Å². The maximum Gasteiger partial charge on any atom is 0.332 e. The number of H-pyrrole nitrogens is 2. The molecule has 2 saturated heterocycles. The number of ether oxygens (including phenoxy) is 2. The van der Waals surface area contributed by atoms with Crippen molar-refractivity contribution in [2.75, 3.05) is 39.5 Å². The number of amides is 10. The number of fused-ring (bicyclic) bond motifs is 1. The molecule has 17 N–H and O–H groups in total. The van der Waals surface area contributed by atoms with Gasteiger partial charge in [0.1, 0.15) is 79.9 Å². The zero-order valence-electron chi connectivity index (χ0n) is 53.8. The highest BCUT2D eigenvalue weighted by Crippen LogP contribution is 2.23. The number of benzene rings is 2. The number of phenolic OH excluding ortho intramolecular Hbond substituents is 1. The molecule has 10 amide bonds. The van der Waals surface area contributed by atoms with Crippen molar-refractivity contribution < 1.29 is 77.2 Å². The second-order valence-corrected chi connectivity index (χ2v) is 24.2. The number of imidazole rings is 1. The number of carboxylic acid groups (broad SMARTS) is 1. The van der Waals surface area contributed by atoms with Gasteiger partial charge in [-0.1, -0.05) is 58.0 Å². The Bertz CT molecular complexity index is 3350. The molecule has 0 saturated carbocycles. The van der Waals surface area contributed by atoms with Gasteiger partial charge in [-0.2, -0.15) is 0 Å². The third-order valence-electron chi connectivity index (χ3n) is 15.6. The SMILES string of the molecule is CCNC(=O)C1CCCN1C(=O)C(CCCN=C(N)N)NC(=O)C(CC(C)C)NC(=O)C(CC(C)C)NC(=O)C(Cc1ccc(O)cc1)NC(=O)C(COC(=O)COCC(=O)O)NC(=O)C(Cc1c[nH]c2ccccc12)NC(=O)C(Cc1cnc[nH]1)NC(=O)C1CCC(=O)N1. The molecule has 9 atom stereocenters. The number of aliphatic carboxylic acids is 1. The zero-order valence-corrected chi connectivity index (χ0v) is 53.8. The average Bonchev–Trinajstić information content (AvgIpc) is 1.78. The molecule has 4 aromatic rings. The first-order valence-corrected chi connectivity index (χ1v) is 31.6. The minimum Gasteiger partial charge on any atom is -0.508 e. The topological polar surface area (TPSA) is 484 Å². The molecule has 32 nitrogen and oxygen atoms in total. The number of rotatable bonds is 37. The fourth-order valence-corrected chi connectivity index (χ4v) is 10.9. The zero-order chi connectivity index (χ0) is 69.3. The smallest absolute Gasteiger partial charge is 0.332 e. The maximum atomic E-state index is 15.0. The number of hydrogen-bond donors (Lipinski definition) is 15. The second-order valence-electron chi connectivity index (χ2n) is 24.2. The van der Waals surface area contributed by atoms with E-state index in [2.05, 4.69) is 67.8 Å². The number of nitrogens with zero attached hydrogens (tertiary/aromatic N) is 3. The molecule has 0 spiro atoms. The lowest BCUT2D eigenvalue weighted by Crippen LogP contribution is -2.61. The Hall–Kier alpha value is -10.1. The van der Waals surface area contributed by atoms with E-state index in [-0.39, 0.29) is 106 Å². The number of hydrogen-bond acceptors (Lipinski definition) is 17. The van der Waals surface area contributed by atoms with Crippen molar-refractivity contribution in [2.24, 2.45) is 28.3 Å². The van der Waals surface area contributed by atoms with Crippen molar-refractivity contribution >= 4 is 87.9 Å². The quantitative estimate of drug-likeness (QED) is 0.0103. The van der Waals surface area contributed by atoms with Crippen LogP contribution in [0.3, 0.4) is 0 Å². The normalized spacial score (nSPS) is 16.6. The number of nitrogens with one attached hydrogen (secondary N) is 11. The fourth-order valence-electron chi connectivity index (χ4n) is 10.9. The van der Waals surface area contributed by atoms with Crippen molar-refractivity contribution in [3.63, 3.8) is 0 Å². The highest BCUT2D eigenvalue weighted by molar-refractivity contribution is 5.99. The number of likely N-dealkylation sites (N-methyl/N-ethyl adjacent to an activating group) is 1. The minimum atomic E-state index is -1.92. The van der Waals surface area contributed by atoms with Crippen LogP contribution in [0.25, 0.3) is 10.9 Å². The summed E-state index contributed by atoms with van der Waals surface area (Å²) in [7, 11) is 0. The minimum absolute atomic E-state index is 0.0266. The van der Waals surface area contributed by atoms with E-state index in [4.69, 9.17) is 26.0 Å². The molecule has 2 aromatic carbocycles. The molecule has 2 aliphatic heterocycles. The molecule has 6 rings (SSSR count). The van der Waals surface area contributed by atoms with Gasteiger partial charge in [0.15, 0.2) is 5.96 Å². The van der Waals surface area contributed by atoms with Gasteiger partial charge in [-0.25, -0.2) is 14.6 Å². The van der Waals surface area contributed by atoms with E-state index in [0.717, 1.165) is 0 Å². The van der Waals surface area contributed by atoms with E-state index in [9.17, 15) is 62.6 Å². The summed E-state index contributed by atoms with van der Waals surface area (Å²) >= 11 is 0. The lowest BCUT2D eigenvalue weighted by molar-refractivity contribution is -0.154. The number of carbonyl (C=O) groups excluding carboxylic acids is 11. The number of aromatic amines is 2. The molecule has 2 fully saturated rings. The standard InChI is InChI=1S/C63H88N16O16/c1-6-67-61(92)50-14-10-22-79(50)62(93)43(13-9-21-68-63(64)65)72-55(86)44(23-34(2)3)73-56(87)45(24-35(4)5)74-57(88)46(25-36-15-17-39(80)18-16-36)75-60(91)49(30-95-53(84)32-94-31-52(82)83)78-58(89)47(26-37-28-69-41-12-8-7-11-40(37)41)76-59(90)48(27-38-29-66-33-70-38)77-54(85)42-19-20-51(81)71-42/h7-8,11-12,15-18,28-29,33-35,42-50,69,80H,6,9-10,13-14,19-27,30-32H2,1-5H3,(H,66,70)(H,67,92)(H,71,81)(H,72,86)(H,73,87)(H,74,88)(H,75,91)(H,76,90)(H,77,85)(H,78,89)(H,82,83)(H4,64,65,68). The first-order chi connectivity index (χ1) is 45.3. The number of carbonyl (C=O) groups is 12. The lowest BCUT2D eigenvalue weighted by atomic mass is 9.98. The molecule has 95 heavy (non-hydrogen) atoms. The molecule has 0 aliphatic carbocycles. The first-order valence-electron chi connectivity index (χ1n) is 31.6. The number of carboxylic acids is 1. The lowest BCUT2D eigenvalue weighted by Gasteiger charge is -2.31. The fraction of sp³-hybridized carbons (Fsp3) is 0.524. The molecule has 0 bridgehead atoms. The van der Waals surface area contributed by atoms with Crippen LogP contribution in [0.15, 0.2) is 72.2 Å². The second kappa shape index (κ2) is 36.3. The van der Waals surface area contributed by atoms with Crippen LogP contribution in [0.1, 0.15) is 103 Å². The summed E-state index contributed by atoms with van der Waals surface area (Å²) in [5.41, 5.74) is 13.1. The molecule has 516 valence electrons. The van der Waals surface area contributed by atoms with Crippen molar-refractivity contribution in [3.8, 4) is 5.75 Å². The Kier molecular flexibility index (Phi) is 28.3. The monoisotopic (exact) mass is 1320 g/mol. The van der Waals surface area contributed by atoms with Crippen LogP contribution in [0, 0.1) is 11.8 Å². The van der Waals surface area contributed by atoms with Crippen LogP contribution in [0.5, 0.6) is 5.75 Å². The number of aromatic nitrogens is 3. The highest BCUT2D eigenvalue weighted by atomic mass is 16.6. The molecule has 32 heteroatoms. The number of guanidine groups is 1. The highest BCUT2D eigenvalue weighted by Gasteiger charge is 2.40. The van der Waals surface area contributed by atoms with Gasteiger partial charge in [-0.15, -0.1) is 0 Å². The van der Waals surface area contributed by atoms with Gasteiger partial charge in [0, 0.05) is 74.3 Å². The van der Waals surface area contributed by atoms with Crippen molar-refractivity contribution in [2.45, 2.75) is 160 Å². The van der Waals surface area contributed by atoms with Gasteiger partial charge in [0.25, 0.3) is 0 Å². The summed E-state index contributed by atoms with van der Waals surface area (Å²) in [6.07, 6.45) is 5.10. The predicted molar refractivity (Wildman–Crippen MR) is 342 cm³/mol. The van der Waals surface area contributed by atoms with E-state index in [1.54, 1.807) is 51.2 Å². The summed E-state index contributed by atoms with van der Waals surface area (Å²) in [4.78, 5) is 181. The molecule has 2 aromatic heterocycles. The Morgan fingerprint density at radius 2 is 1.29 bits per heavy atom. The largest absolute Gasteiger partial charge is 0.508 e. The Labute approximate surface area is 548 Å². The van der Waals surface area contributed by atoms with Gasteiger partial charge >= 0.3 is 11.9 Å². The van der Waals surface area contributed by atoms with Crippen LogP contribution >= 0.6 is 0 Å². The third-order valence-corrected chi connectivity index (χ3v) is 15.6. The molecule has 4 heterocycles. The van der Waals surface area contributed by atoms with E-state index >= 15 is 0 Å². The van der Waals surface area contributed by atoms with Crippen LogP contribution < -0.4 is 59.3 Å². The Morgan fingerprint density at radius 1 is 0.705 bits per heavy atom. The van der Waals surface area contributed by atoms with Gasteiger partial charge in [-0.05, 0) is 93.0 Å². The van der Waals surface area contributed by atoms with Crippen molar-refractivity contribution in [1.29, 1.82) is 0 Å². The third kappa shape index (κ3) is 23.4. The molecular weight excluding hydrogens is 1240 g/mol. The van der Waals surface area contributed by atoms with Gasteiger partial charge in [-0.3, -0.25) is 52.9 Å². The maximum absolute atomic E-state index is 15.0. The number of aromatic hydroxyl groups is 1. The summed E-state index contributed by atoms with van der Waals surface area (Å²) < 4.78 is 10.3. The van der Waals surface area contributed by atoms with E-state index in [1.807, 2.05) is 13.8 Å². The van der Waals surface area contributed by atoms with Gasteiger partial charge in [0.2, 0.25) is 59.1 Å². The number of phenols is 1. The number of para-hydroxylation sites is 1. The van der Waals surface area contributed by atoms with Gasteiger partial charge < -0.3 is 93.9 Å². The van der Waals surface area contributed by atoms with E-state index < -0.39 is 133 Å². The van der Waals surface area contributed by atoms with E-state index in [1.165, 1.54) is 41.7 Å². The summed E-state index contributed by atoms with van der Waals surface area (Å²) in [6, 6.07) is 0.448. The van der Waals surface area contributed by atoms with Crippen LogP contribution in [0.4, 0.5) is 0 Å². The molecule has 2 aliphatic rings. The summed E-state index contributed by atoms with van der Waals surface area (Å²) in [5, 5.41) is 44.1. The van der Waals surface area contributed by atoms with Gasteiger partial charge in [0.05, 0.1) is 6.33 Å². The predicted octanol–water partition coefficient (Wildman–Crippen LogP) is -1.79. The number of esters is 1. The van der Waals surface area contributed by atoms with Crippen LogP contribution in [-0.4, -0.2) is 201 Å². The molecule has 0 radical (unpaired) electrons. The molecule has 9 unspecified atom stereocenters. The Morgan fingerprint density at radius 3 is 1.88 bits per heavy atom. The average molecular weight is 1330 g/mol. The number of likely N-dealkylation sites (tertiary alicyclic amines) is 1. The van der Waals surface area contributed by atoms with E-state index in [0.29, 0.717) is 47.1 Å². The number of nitrogens with two attached hydrogens (primary N) is 2. The number of aliphatic imine (C=N–C) groups is 1. The van der Waals surface area contributed by atoms with Crippen LogP contribution in [-0.2, 0) is 86.3 Å². The van der Waals surface area contributed by atoms with Crippen molar-refractivity contribution in [1.82, 2.24) is 67.7 Å².